The number of rotatable bonds is 2. The smallest absolute Gasteiger partial charge is 0.169 e. The molecule has 0 saturated heterocycles. The Kier molecular flexibility index (Phi) is 3.20. The molecule has 3 rings (SSSR count). The van der Waals surface area contributed by atoms with Crippen LogP contribution in [0.25, 0.3) is 0 Å². The lowest BCUT2D eigenvalue weighted by Gasteiger charge is -2.28. The first-order valence-electron chi connectivity index (χ1n) is 6.58. The zero-order chi connectivity index (χ0) is 14.1. The number of carbonyl (C=O) groups excluding carboxylic acids is 2. The highest BCUT2D eigenvalue weighted by molar-refractivity contribution is 6.06. The maximum Gasteiger partial charge on any atom is 0.169 e. The number of aliphatic hydroxyl groups excluding tert-OH is 1. The molecule has 0 radical (unpaired) electrons. The lowest BCUT2D eigenvalue weighted by atomic mass is 9.77. The molecular weight excluding hydrogens is 252 g/mol. The van der Waals surface area contributed by atoms with E-state index in [1.807, 2.05) is 6.07 Å². The summed E-state index contributed by atoms with van der Waals surface area (Å²) in [6.45, 7) is 0. The topological polar surface area (TPSA) is 54.4 Å². The number of aliphatic hydroxyl groups is 1. The Morgan fingerprint density at radius 1 is 1.00 bits per heavy atom. The van der Waals surface area contributed by atoms with Crippen LogP contribution in [0, 0.1) is 5.92 Å². The Bertz CT molecular complexity index is 661. The van der Waals surface area contributed by atoms with Gasteiger partial charge in [-0.3, -0.25) is 9.59 Å². The second kappa shape index (κ2) is 5.02. The van der Waals surface area contributed by atoms with E-state index in [4.69, 9.17) is 0 Å². The summed E-state index contributed by atoms with van der Waals surface area (Å²) in [5.41, 5.74) is 1.61. The first kappa shape index (κ1) is 12.8. The third kappa shape index (κ3) is 2.06. The lowest BCUT2D eigenvalue weighted by Crippen LogP contribution is -2.31. The molecule has 1 aliphatic carbocycles. The third-order valence-corrected chi connectivity index (χ3v) is 3.76. The lowest BCUT2D eigenvalue weighted by molar-refractivity contribution is 0.0567. The maximum atomic E-state index is 12.5. The molecule has 100 valence electrons. The van der Waals surface area contributed by atoms with Crippen LogP contribution in [0.5, 0.6) is 0 Å². The van der Waals surface area contributed by atoms with Crippen molar-refractivity contribution in [2.24, 2.45) is 5.92 Å². The first-order chi connectivity index (χ1) is 9.68. The van der Waals surface area contributed by atoms with E-state index in [0.29, 0.717) is 16.7 Å². The molecule has 20 heavy (non-hydrogen) atoms. The van der Waals surface area contributed by atoms with Gasteiger partial charge in [0, 0.05) is 17.5 Å². The molecule has 0 aromatic heterocycles. The summed E-state index contributed by atoms with van der Waals surface area (Å²) in [7, 11) is 0. The van der Waals surface area contributed by atoms with Crippen molar-refractivity contribution in [3.63, 3.8) is 0 Å². The molecule has 0 fully saturated rings. The number of hydrogen-bond acceptors (Lipinski definition) is 3. The molecule has 2 aromatic rings. The molecule has 0 saturated carbocycles. The van der Waals surface area contributed by atoms with E-state index in [1.165, 1.54) is 0 Å². The molecule has 3 nitrogen and oxygen atoms in total. The maximum absolute atomic E-state index is 12.5. The summed E-state index contributed by atoms with van der Waals surface area (Å²) in [4.78, 5) is 24.6. The Morgan fingerprint density at radius 3 is 2.40 bits per heavy atom. The first-order valence-corrected chi connectivity index (χ1v) is 6.58. The van der Waals surface area contributed by atoms with Crippen molar-refractivity contribution in [1.29, 1.82) is 0 Å². The molecule has 2 atom stereocenters. The van der Waals surface area contributed by atoms with Gasteiger partial charge in [-0.05, 0) is 5.56 Å². The number of hydrogen-bond donors (Lipinski definition) is 1. The van der Waals surface area contributed by atoms with Gasteiger partial charge in [-0.25, -0.2) is 0 Å². The third-order valence-electron chi connectivity index (χ3n) is 3.76. The van der Waals surface area contributed by atoms with Gasteiger partial charge >= 0.3 is 0 Å². The fourth-order valence-electron chi connectivity index (χ4n) is 2.70. The van der Waals surface area contributed by atoms with Crippen LogP contribution in [0.15, 0.2) is 54.6 Å². The van der Waals surface area contributed by atoms with Crippen molar-refractivity contribution in [2.45, 2.75) is 12.5 Å². The zero-order valence-corrected chi connectivity index (χ0v) is 10.8. The Balaban J connectivity index is 1.98. The summed E-state index contributed by atoms with van der Waals surface area (Å²) in [5.74, 6) is -0.957. The minimum Gasteiger partial charge on any atom is -0.388 e. The normalized spacial score (nSPS) is 21.4. The predicted octanol–water partition coefficient (Wildman–Crippen LogP) is 2.81. The molecule has 2 aromatic carbocycles. The van der Waals surface area contributed by atoms with E-state index in [-0.39, 0.29) is 18.0 Å². The number of benzene rings is 2. The van der Waals surface area contributed by atoms with Crippen LogP contribution in [-0.4, -0.2) is 16.7 Å². The molecule has 1 aliphatic rings. The Morgan fingerprint density at radius 2 is 1.65 bits per heavy atom. The van der Waals surface area contributed by atoms with Crippen LogP contribution < -0.4 is 0 Å². The number of ketones is 2. The molecule has 0 unspecified atom stereocenters. The van der Waals surface area contributed by atoms with Gasteiger partial charge in [0.15, 0.2) is 11.6 Å². The van der Waals surface area contributed by atoms with Gasteiger partial charge in [-0.15, -0.1) is 0 Å². The van der Waals surface area contributed by atoms with Gasteiger partial charge in [0.05, 0.1) is 12.0 Å². The predicted molar refractivity (Wildman–Crippen MR) is 74.6 cm³/mol. The fraction of sp³-hybridized carbons (Fsp3) is 0.176. The monoisotopic (exact) mass is 266 g/mol. The minimum absolute atomic E-state index is 0.0614. The molecule has 0 aliphatic heterocycles. The highest BCUT2D eigenvalue weighted by Crippen LogP contribution is 2.36. The summed E-state index contributed by atoms with van der Waals surface area (Å²) in [5, 5.41) is 10.4. The van der Waals surface area contributed by atoms with Crippen LogP contribution in [0.3, 0.4) is 0 Å². The molecule has 0 amide bonds. The van der Waals surface area contributed by atoms with Gasteiger partial charge in [0.25, 0.3) is 0 Å². The highest BCUT2D eigenvalue weighted by Gasteiger charge is 2.37. The quantitative estimate of drug-likeness (QED) is 0.850. The van der Waals surface area contributed by atoms with Crippen molar-refractivity contribution >= 4 is 11.6 Å². The molecule has 0 spiro atoms. The van der Waals surface area contributed by atoms with Crippen molar-refractivity contribution in [3.05, 3.63) is 71.3 Å². The molecule has 1 N–H and O–H groups in total. The summed E-state index contributed by atoms with van der Waals surface area (Å²) in [6.07, 6.45) is -0.858. The van der Waals surface area contributed by atoms with Crippen LogP contribution in [0.2, 0.25) is 0 Å². The Hall–Kier alpha value is -2.26. The summed E-state index contributed by atoms with van der Waals surface area (Å²) < 4.78 is 0. The average molecular weight is 266 g/mol. The highest BCUT2D eigenvalue weighted by atomic mass is 16.3. The largest absolute Gasteiger partial charge is 0.388 e. The van der Waals surface area contributed by atoms with E-state index in [9.17, 15) is 14.7 Å². The van der Waals surface area contributed by atoms with Crippen molar-refractivity contribution in [3.8, 4) is 0 Å². The van der Waals surface area contributed by atoms with Crippen LogP contribution in [-0.2, 0) is 0 Å². The number of Topliss-reactive ketones (excluding diaryl/α,β-unsaturated/α-hetero) is 2. The van der Waals surface area contributed by atoms with Crippen molar-refractivity contribution < 1.29 is 14.7 Å². The summed E-state index contributed by atoms with van der Waals surface area (Å²) in [6, 6.07) is 15.7. The van der Waals surface area contributed by atoms with Gasteiger partial charge < -0.3 is 5.11 Å². The van der Waals surface area contributed by atoms with Crippen molar-refractivity contribution in [2.75, 3.05) is 0 Å². The van der Waals surface area contributed by atoms with E-state index in [1.54, 1.807) is 48.5 Å². The second-order valence-corrected chi connectivity index (χ2v) is 5.00. The van der Waals surface area contributed by atoms with Gasteiger partial charge in [0.2, 0.25) is 0 Å². The zero-order valence-electron chi connectivity index (χ0n) is 10.8. The molecule has 0 bridgehead atoms. The van der Waals surface area contributed by atoms with Crippen LogP contribution in [0.1, 0.15) is 38.8 Å². The standard InChI is InChI=1S/C17H14O3/c18-15-10-14(16(19)11-6-2-1-3-7-11)17(20)13-9-5-4-8-12(13)15/h1-9,14,17,20H,10H2/t14-,17+/m1/s1. The van der Waals surface area contributed by atoms with Crippen molar-refractivity contribution in [1.82, 2.24) is 0 Å². The average Bonchev–Trinajstić information content (AvgIpc) is 2.51. The number of carbonyl (C=O) groups is 2. The Labute approximate surface area is 116 Å². The van der Waals surface area contributed by atoms with E-state index < -0.39 is 12.0 Å². The van der Waals surface area contributed by atoms with Gasteiger partial charge in [0.1, 0.15) is 0 Å². The SMILES string of the molecule is O=C1C[C@H](C(=O)c2ccccc2)[C@@H](O)c2ccccc21. The fourth-order valence-corrected chi connectivity index (χ4v) is 2.70. The van der Waals surface area contributed by atoms with Gasteiger partial charge in [-0.1, -0.05) is 54.6 Å². The molecular formula is C17H14O3. The van der Waals surface area contributed by atoms with E-state index >= 15 is 0 Å². The molecule has 3 heteroatoms. The van der Waals surface area contributed by atoms with Gasteiger partial charge in [-0.2, -0.15) is 0 Å². The minimum atomic E-state index is -0.920. The molecule has 0 heterocycles. The van der Waals surface area contributed by atoms with Crippen LogP contribution in [0.4, 0.5) is 0 Å². The second-order valence-electron chi connectivity index (χ2n) is 5.00. The number of fused-ring (bicyclic) bond motifs is 1. The van der Waals surface area contributed by atoms with E-state index in [2.05, 4.69) is 0 Å². The van der Waals surface area contributed by atoms with Crippen LogP contribution >= 0.6 is 0 Å². The van der Waals surface area contributed by atoms with E-state index in [0.717, 1.165) is 0 Å². The summed E-state index contributed by atoms with van der Waals surface area (Å²) >= 11 is 0.